The fourth-order valence-electron chi connectivity index (χ4n) is 2.58. The van der Waals surface area contributed by atoms with Crippen LogP contribution in [0.1, 0.15) is 27.0 Å². The Labute approximate surface area is 171 Å². The molecule has 1 amide bonds. The van der Waals surface area contributed by atoms with Crippen molar-refractivity contribution >= 4 is 34.2 Å². The number of nitriles is 1. The van der Waals surface area contributed by atoms with Crippen LogP contribution in [-0.4, -0.2) is 5.91 Å². The van der Waals surface area contributed by atoms with E-state index in [9.17, 15) is 4.79 Å². The number of anilines is 1. The average molecular weight is 468 g/mol. The zero-order chi connectivity index (χ0) is 19.2. The molecule has 0 radical (unpaired) electrons. The van der Waals surface area contributed by atoms with Crippen LogP contribution in [0.2, 0.25) is 0 Å². The summed E-state index contributed by atoms with van der Waals surface area (Å²) in [7, 11) is 0. The van der Waals surface area contributed by atoms with Crippen LogP contribution >= 0.6 is 22.6 Å². The molecule has 4 nitrogen and oxygen atoms in total. The molecule has 1 N–H and O–H groups in total. The lowest BCUT2D eigenvalue weighted by atomic mass is 10.1. The molecule has 0 aliphatic rings. The fourth-order valence-corrected chi connectivity index (χ4v) is 3.19. The fraction of sp³-hybridized carbons (Fsp3) is 0.0909. The van der Waals surface area contributed by atoms with Crippen LogP contribution < -0.4 is 10.1 Å². The molecular weight excluding hydrogens is 451 g/mol. The van der Waals surface area contributed by atoms with Crippen molar-refractivity contribution in [3.63, 3.8) is 0 Å². The summed E-state index contributed by atoms with van der Waals surface area (Å²) in [5.41, 5.74) is 3.90. The Kier molecular flexibility index (Phi) is 6.09. The highest BCUT2D eigenvalue weighted by Crippen LogP contribution is 2.22. The van der Waals surface area contributed by atoms with Gasteiger partial charge in [-0.25, -0.2) is 0 Å². The summed E-state index contributed by atoms with van der Waals surface area (Å²) in [6.45, 7) is 2.33. The Hall–Kier alpha value is -2.85. The molecule has 0 aliphatic carbocycles. The lowest BCUT2D eigenvalue weighted by Crippen LogP contribution is -2.14. The van der Waals surface area contributed by atoms with Crippen LogP contribution in [0.4, 0.5) is 5.69 Å². The zero-order valence-corrected chi connectivity index (χ0v) is 16.9. The molecule has 0 unspecified atom stereocenters. The van der Waals surface area contributed by atoms with Gasteiger partial charge in [0.25, 0.3) is 5.91 Å². The summed E-state index contributed by atoms with van der Waals surface area (Å²) in [6, 6.07) is 22.4. The van der Waals surface area contributed by atoms with Gasteiger partial charge < -0.3 is 10.1 Å². The minimum atomic E-state index is -0.151. The highest BCUT2D eigenvalue weighted by Gasteiger charge is 2.11. The van der Waals surface area contributed by atoms with Crippen LogP contribution in [0.15, 0.2) is 66.7 Å². The largest absolute Gasteiger partial charge is 0.489 e. The summed E-state index contributed by atoms with van der Waals surface area (Å²) in [5, 5.41) is 11.9. The highest BCUT2D eigenvalue weighted by atomic mass is 127. The van der Waals surface area contributed by atoms with E-state index in [-0.39, 0.29) is 5.91 Å². The second-order valence-electron chi connectivity index (χ2n) is 6.02. The standard InChI is InChI=1S/C22H17IN2O2/c1-15-5-2-10-20(21(15)23)22(26)25-18-8-4-9-19(12-18)27-14-17-7-3-6-16(11-17)13-24/h2-12H,14H2,1H3,(H,25,26). The average Bonchev–Trinajstić information content (AvgIpc) is 2.69. The summed E-state index contributed by atoms with van der Waals surface area (Å²) in [5.74, 6) is 0.496. The smallest absolute Gasteiger partial charge is 0.256 e. The zero-order valence-electron chi connectivity index (χ0n) is 14.7. The number of carbonyl (C=O) groups excluding carboxylic acids is 1. The predicted molar refractivity (Wildman–Crippen MR) is 114 cm³/mol. The molecule has 0 bridgehead atoms. The van der Waals surface area contributed by atoms with E-state index in [2.05, 4.69) is 34.0 Å². The van der Waals surface area contributed by atoms with E-state index in [1.807, 2.05) is 55.5 Å². The van der Waals surface area contributed by atoms with Crippen molar-refractivity contribution in [2.45, 2.75) is 13.5 Å². The van der Waals surface area contributed by atoms with E-state index in [1.165, 1.54) is 0 Å². The summed E-state index contributed by atoms with van der Waals surface area (Å²) < 4.78 is 6.74. The SMILES string of the molecule is Cc1cccc(C(=O)Nc2cccc(OCc3cccc(C#N)c3)c2)c1I. The van der Waals surface area contributed by atoms with Gasteiger partial charge in [0.05, 0.1) is 17.2 Å². The Bertz CT molecular complexity index is 1020. The van der Waals surface area contributed by atoms with Gasteiger partial charge in [0.2, 0.25) is 0 Å². The molecule has 5 heteroatoms. The Morgan fingerprint density at radius 2 is 1.89 bits per heavy atom. The van der Waals surface area contributed by atoms with Gasteiger partial charge >= 0.3 is 0 Å². The number of ether oxygens (including phenoxy) is 1. The minimum Gasteiger partial charge on any atom is -0.489 e. The van der Waals surface area contributed by atoms with Crippen molar-refractivity contribution in [3.05, 3.63) is 92.6 Å². The third-order valence-corrected chi connectivity index (χ3v) is 5.42. The molecule has 3 rings (SSSR count). The van der Waals surface area contributed by atoms with Crippen LogP contribution in [-0.2, 0) is 6.61 Å². The lowest BCUT2D eigenvalue weighted by molar-refractivity contribution is 0.102. The molecule has 0 atom stereocenters. The van der Waals surface area contributed by atoms with Gasteiger partial charge in [-0.15, -0.1) is 0 Å². The van der Waals surface area contributed by atoms with Crippen LogP contribution in [0.25, 0.3) is 0 Å². The molecule has 27 heavy (non-hydrogen) atoms. The van der Waals surface area contributed by atoms with Crippen LogP contribution in [0, 0.1) is 21.8 Å². The number of benzene rings is 3. The molecule has 134 valence electrons. The number of nitrogens with zero attached hydrogens (tertiary/aromatic N) is 1. The maximum atomic E-state index is 12.6. The Balaban J connectivity index is 1.69. The number of hydrogen-bond donors (Lipinski definition) is 1. The first-order valence-electron chi connectivity index (χ1n) is 8.35. The quantitative estimate of drug-likeness (QED) is 0.517. The normalized spacial score (nSPS) is 10.1. The van der Waals surface area contributed by atoms with Crippen molar-refractivity contribution in [1.82, 2.24) is 0 Å². The summed E-state index contributed by atoms with van der Waals surface area (Å²) in [6.07, 6.45) is 0. The first-order chi connectivity index (χ1) is 13.1. The number of carbonyl (C=O) groups is 1. The molecule has 0 saturated heterocycles. The number of rotatable bonds is 5. The molecule has 0 saturated carbocycles. The van der Waals surface area contributed by atoms with Crippen molar-refractivity contribution in [2.24, 2.45) is 0 Å². The second kappa shape index (κ2) is 8.69. The van der Waals surface area contributed by atoms with Crippen molar-refractivity contribution in [1.29, 1.82) is 5.26 Å². The Morgan fingerprint density at radius 3 is 2.70 bits per heavy atom. The van der Waals surface area contributed by atoms with Gasteiger partial charge in [0, 0.05) is 15.3 Å². The monoisotopic (exact) mass is 468 g/mol. The number of nitrogens with one attached hydrogen (secondary N) is 1. The van der Waals surface area contributed by atoms with Gasteiger partial charge in [0.15, 0.2) is 0 Å². The molecule has 3 aromatic rings. The van der Waals surface area contributed by atoms with E-state index in [4.69, 9.17) is 10.00 Å². The van der Waals surface area contributed by atoms with E-state index < -0.39 is 0 Å². The Morgan fingerprint density at radius 1 is 1.11 bits per heavy atom. The lowest BCUT2D eigenvalue weighted by Gasteiger charge is -2.11. The summed E-state index contributed by atoms with van der Waals surface area (Å²) in [4.78, 5) is 12.6. The van der Waals surface area contributed by atoms with Crippen LogP contribution in [0.3, 0.4) is 0 Å². The minimum absolute atomic E-state index is 0.151. The number of aryl methyl sites for hydroxylation is 1. The first kappa shape index (κ1) is 18.9. The molecule has 0 aliphatic heterocycles. The molecule has 0 fully saturated rings. The molecular formula is C22H17IN2O2. The molecule has 0 spiro atoms. The second-order valence-corrected chi connectivity index (χ2v) is 7.10. The number of hydrogen-bond acceptors (Lipinski definition) is 3. The van der Waals surface area contributed by atoms with Gasteiger partial charge in [-0.3, -0.25) is 4.79 Å². The van der Waals surface area contributed by atoms with E-state index in [0.717, 1.165) is 14.7 Å². The van der Waals surface area contributed by atoms with Gasteiger partial charge in [-0.1, -0.05) is 30.3 Å². The maximum Gasteiger partial charge on any atom is 0.256 e. The topological polar surface area (TPSA) is 62.1 Å². The predicted octanol–water partition coefficient (Wildman–Crippen LogP) is 5.30. The number of halogens is 1. The van der Waals surface area contributed by atoms with Gasteiger partial charge in [0.1, 0.15) is 12.4 Å². The van der Waals surface area contributed by atoms with Crippen molar-refractivity contribution < 1.29 is 9.53 Å². The third-order valence-electron chi connectivity index (χ3n) is 3.99. The van der Waals surface area contributed by atoms with E-state index in [1.54, 1.807) is 18.2 Å². The third kappa shape index (κ3) is 4.86. The van der Waals surface area contributed by atoms with E-state index in [0.29, 0.717) is 29.2 Å². The molecule has 0 aromatic heterocycles. The van der Waals surface area contributed by atoms with Crippen molar-refractivity contribution in [3.8, 4) is 11.8 Å². The van der Waals surface area contributed by atoms with Gasteiger partial charge in [-0.2, -0.15) is 5.26 Å². The van der Waals surface area contributed by atoms with E-state index >= 15 is 0 Å². The maximum absolute atomic E-state index is 12.6. The summed E-state index contributed by atoms with van der Waals surface area (Å²) >= 11 is 2.19. The van der Waals surface area contributed by atoms with Crippen LogP contribution in [0.5, 0.6) is 5.75 Å². The first-order valence-corrected chi connectivity index (χ1v) is 9.43. The molecule has 3 aromatic carbocycles. The number of amides is 1. The highest BCUT2D eigenvalue weighted by molar-refractivity contribution is 14.1. The van der Waals surface area contributed by atoms with Crippen molar-refractivity contribution in [2.75, 3.05) is 5.32 Å². The molecule has 0 heterocycles. The van der Waals surface area contributed by atoms with Gasteiger partial charge in [-0.05, 0) is 71.0 Å².